The summed E-state index contributed by atoms with van der Waals surface area (Å²) in [4.78, 5) is 28.2. The number of hydrogen-bond acceptors (Lipinski definition) is 4. The van der Waals surface area contributed by atoms with E-state index in [2.05, 4.69) is 26.8 Å². The number of carbonyl (C=O) groups excluding carboxylic acids is 2. The zero-order valence-corrected chi connectivity index (χ0v) is 20.6. The van der Waals surface area contributed by atoms with E-state index in [0.29, 0.717) is 16.8 Å². The molecule has 35 heavy (non-hydrogen) atoms. The second-order valence-corrected chi connectivity index (χ2v) is 10.0. The van der Waals surface area contributed by atoms with Crippen LogP contribution in [0.5, 0.6) is 0 Å². The molecular formula is C30H28N2O3. The van der Waals surface area contributed by atoms with Crippen molar-refractivity contribution in [3.63, 3.8) is 0 Å². The van der Waals surface area contributed by atoms with Crippen LogP contribution in [0.25, 0.3) is 5.76 Å². The first-order valence-electron chi connectivity index (χ1n) is 11.5. The molecule has 1 saturated heterocycles. The van der Waals surface area contributed by atoms with Crippen molar-refractivity contribution in [2.75, 3.05) is 4.90 Å². The normalized spacial score (nSPS) is 17.5. The van der Waals surface area contributed by atoms with E-state index in [4.69, 9.17) is 5.26 Å². The van der Waals surface area contributed by atoms with Crippen LogP contribution in [-0.2, 0) is 15.0 Å². The number of Topliss-reactive ketones (excluding diaryl/α,β-unsaturated/α-hetero) is 1. The number of aliphatic hydroxyl groups excluding tert-OH is 1. The standard InChI is InChI=1S/C30H28N2O3/c1-18-7-6-8-21(15-18)26-25(27(33)24-16-22(30(3,4)5)12-9-19(24)2)28(34)29(35)32(26)23-13-10-20(17-31)11-14-23/h6-16,26,33H,1-5H3/b27-25+. The number of aryl methyl sites for hydroxylation is 2. The molecule has 3 aromatic carbocycles. The van der Waals surface area contributed by atoms with Gasteiger partial charge in [-0.2, -0.15) is 5.26 Å². The summed E-state index contributed by atoms with van der Waals surface area (Å²) in [6.07, 6.45) is 0. The molecule has 0 saturated carbocycles. The lowest BCUT2D eigenvalue weighted by atomic mass is 9.84. The highest BCUT2D eigenvalue weighted by molar-refractivity contribution is 6.51. The van der Waals surface area contributed by atoms with Gasteiger partial charge in [0.05, 0.1) is 23.2 Å². The molecule has 0 spiro atoms. The average Bonchev–Trinajstić information content (AvgIpc) is 3.08. The zero-order chi connectivity index (χ0) is 25.5. The molecule has 3 aromatic rings. The summed E-state index contributed by atoms with van der Waals surface area (Å²) in [6, 6.07) is 21.2. The second kappa shape index (κ2) is 8.88. The van der Waals surface area contributed by atoms with Crippen LogP contribution in [0.4, 0.5) is 5.69 Å². The largest absolute Gasteiger partial charge is 0.507 e. The summed E-state index contributed by atoms with van der Waals surface area (Å²) in [7, 11) is 0. The molecule has 5 nitrogen and oxygen atoms in total. The Labute approximate surface area is 205 Å². The first-order valence-corrected chi connectivity index (χ1v) is 11.5. The number of rotatable bonds is 3. The first-order chi connectivity index (χ1) is 16.5. The summed E-state index contributed by atoms with van der Waals surface area (Å²) >= 11 is 0. The van der Waals surface area contributed by atoms with Gasteiger partial charge in [-0.05, 0) is 66.3 Å². The van der Waals surface area contributed by atoms with Crippen molar-refractivity contribution in [2.24, 2.45) is 0 Å². The van der Waals surface area contributed by atoms with Gasteiger partial charge in [0.15, 0.2) is 0 Å². The summed E-state index contributed by atoms with van der Waals surface area (Å²) in [6.45, 7) is 10.1. The number of benzene rings is 3. The molecule has 0 aromatic heterocycles. The third kappa shape index (κ3) is 4.36. The number of nitrogens with zero attached hydrogens (tertiary/aromatic N) is 2. The fourth-order valence-electron chi connectivity index (χ4n) is 4.44. The Morgan fingerprint density at radius 1 is 0.971 bits per heavy atom. The Hall–Kier alpha value is -4.17. The van der Waals surface area contributed by atoms with Crippen LogP contribution in [-0.4, -0.2) is 16.8 Å². The molecule has 0 aliphatic carbocycles. The van der Waals surface area contributed by atoms with E-state index in [1.807, 2.05) is 56.3 Å². The highest BCUT2D eigenvalue weighted by Gasteiger charge is 2.47. The maximum atomic E-state index is 13.4. The van der Waals surface area contributed by atoms with Gasteiger partial charge in [-0.15, -0.1) is 0 Å². The molecule has 176 valence electrons. The number of carbonyl (C=O) groups is 2. The fraction of sp³-hybridized carbons (Fsp3) is 0.233. The van der Waals surface area contributed by atoms with Crippen LogP contribution >= 0.6 is 0 Å². The lowest BCUT2D eigenvalue weighted by molar-refractivity contribution is -0.132. The molecule has 1 atom stereocenters. The summed E-state index contributed by atoms with van der Waals surface area (Å²) in [5.41, 5.74) is 4.88. The molecule has 1 unspecified atom stereocenters. The number of aliphatic hydroxyl groups is 1. The number of anilines is 1. The van der Waals surface area contributed by atoms with E-state index >= 15 is 0 Å². The van der Waals surface area contributed by atoms with Crippen LogP contribution in [0.15, 0.2) is 72.3 Å². The van der Waals surface area contributed by atoms with Crippen LogP contribution < -0.4 is 4.90 Å². The highest BCUT2D eigenvalue weighted by atomic mass is 16.3. The Bertz CT molecular complexity index is 1400. The minimum absolute atomic E-state index is 0.0547. The SMILES string of the molecule is Cc1cccc(C2/C(=C(\O)c3cc(C(C)(C)C)ccc3C)C(=O)C(=O)N2c2ccc(C#N)cc2)c1. The van der Waals surface area contributed by atoms with Crippen molar-refractivity contribution in [1.29, 1.82) is 5.26 Å². The number of ketones is 1. The highest BCUT2D eigenvalue weighted by Crippen LogP contribution is 2.43. The van der Waals surface area contributed by atoms with E-state index < -0.39 is 17.7 Å². The Morgan fingerprint density at radius 2 is 1.66 bits per heavy atom. The van der Waals surface area contributed by atoms with E-state index in [1.165, 1.54) is 4.90 Å². The van der Waals surface area contributed by atoms with Gasteiger partial charge in [0.2, 0.25) is 0 Å². The molecule has 5 heteroatoms. The quantitative estimate of drug-likeness (QED) is 0.288. The van der Waals surface area contributed by atoms with Gasteiger partial charge in [-0.1, -0.05) is 62.7 Å². The summed E-state index contributed by atoms with van der Waals surface area (Å²) < 4.78 is 0. The summed E-state index contributed by atoms with van der Waals surface area (Å²) in [5.74, 6) is -1.64. The van der Waals surface area contributed by atoms with Gasteiger partial charge in [-0.3, -0.25) is 14.5 Å². The lowest BCUT2D eigenvalue weighted by Crippen LogP contribution is -2.29. The van der Waals surface area contributed by atoms with E-state index in [1.54, 1.807) is 24.3 Å². The first kappa shape index (κ1) is 24.0. The van der Waals surface area contributed by atoms with Gasteiger partial charge in [-0.25, -0.2) is 0 Å². The topological polar surface area (TPSA) is 81.4 Å². The Morgan fingerprint density at radius 3 is 2.26 bits per heavy atom. The van der Waals surface area contributed by atoms with Crippen molar-refractivity contribution >= 4 is 23.1 Å². The van der Waals surface area contributed by atoms with Crippen molar-refractivity contribution in [3.8, 4) is 6.07 Å². The van der Waals surface area contributed by atoms with Gasteiger partial charge in [0.25, 0.3) is 11.7 Å². The fourth-order valence-corrected chi connectivity index (χ4v) is 4.44. The predicted molar refractivity (Wildman–Crippen MR) is 137 cm³/mol. The van der Waals surface area contributed by atoms with E-state index in [0.717, 1.165) is 22.3 Å². The molecule has 0 radical (unpaired) electrons. The number of amides is 1. The number of nitriles is 1. The summed E-state index contributed by atoms with van der Waals surface area (Å²) in [5, 5.41) is 20.7. The minimum Gasteiger partial charge on any atom is -0.507 e. The van der Waals surface area contributed by atoms with Crippen LogP contribution in [0.2, 0.25) is 0 Å². The molecular weight excluding hydrogens is 436 g/mol. The average molecular weight is 465 g/mol. The molecule has 0 bridgehead atoms. The molecule has 1 amide bonds. The van der Waals surface area contributed by atoms with Crippen molar-refractivity contribution in [2.45, 2.75) is 46.1 Å². The monoisotopic (exact) mass is 464 g/mol. The number of hydrogen-bond donors (Lipinski definition) is 1. The Balaban J connectivity index is 1.98. The smallest absolute Gasteiger partial charge is 0.300 e. The maximum absolute atomic E-state index is 13.4. The predicted octanol–water partition coefficient (Wildman–Crippen LogP) is 6.10. The second-order valence-electron chi connectivity index (χ2n) is 10.0. The third-order valence-electron chi connectivity index (χ3n) is 6.44. The maximum Gasteiger partial charge on any atom is 0.300 e. The Kier molecular flexibility index (Phi) is 6.08. The van der Waals surface area contributed by atoms with Gasteiger partial charge < -0.3 is 5.11 Å². The van der Waals surface area contributed by atoms with Crippen LogP contribution in [0.1, 0.15) is 60.2 Å². The molecule has 1 aliphatic rings. The van der Waals surface area contributed by atoms with Crippen molar-refractivity contribution in [3.05, 3.63) is 106 Å². The lowest BCUT2D eigenvalue weighted by Gasteiger charge is -2.26. The van der Waals surface area contributed by atoms with Gasteiger partial charge >= 0.3 is 0 Å². The van der Waals surface area contributed by atoms with Gasteiger partial charge in [0, 0.05) is 11.3 Å². The minimum atomic E-state index is -0.805. The van der Waals surface area contributed by atoms with Crippen LogP contribution in [0.3, 0.4) is 0 Å². The van der Waals surface area contributed by atoms with Crippen molar-refractivity contribution < 1.29 is 14.7 Å². The molecule has 1 aliphatic heterocycles. The molecule has 1 heterocycles. The zero-order valence-electron chi connectivity index (χ0n) is 20.6. The van der Waals surface area contributed by atoms with E-state index in [-0.39, 0.29) is 16.7 Å². The molecule has 1 fully saturated rings. The molecule has 1 N–H and O–H groups in total. The van der Waals surface area contributed by atoms with E-state index in [9.17, 15) is 14.7 Å². The van der Waals surface area contributed by atoms with Crippen molar-refractivity contribution in [1.82, 2.24) is 0 Å². The third-order valence-corrected chi connectivity index (χ3v) is 6.44. The van der Waals surface area contributed by atoms with Gasteiger partial charge in [0.1, 0.15) is 5.76 Å². The molecule has 4 rings (SSSR count). The van der Waals surface area contributed by atoms with Crippen LogP contribution in [0, 0.1) is 25.2 Å².